The van der Waals surface area contributed by atoms with Gasteiger partial charge in [0.05, 0.1) is 28.8 Å². The quantitative estimate of drug-likeness (QED) is 0.713. The molecule has 2 aromatic heterocycles. The first-order valence-corrected chi connectivity index (χ1v) is 8.86. The Kier molecular flexibility index (Phi) is 4.19. The molecule has 0 unspecified atom stereocenters. The first-order valence-electron chi connectivity index (χ1n) is 7.32. The molecule has 9 heteroatoms. The second kappa shape index (κ2) is 6.19. The van der Waals surface area contributed by atoms with Gasteiger partial charge in [-0.2, -0.15) is 5.10 Å². The van der Waals surface area contributed by atoms with Crippen LogP contribution in [0, 0.1) is 0 Å². The number of hydrogen-bond acceptors (Lipinski definition) is 5. The molecule has 3 N–H and O–H groups in total. The number of sulfonamides is 1. The fourth-order valence-electron chi connectivity index (χ4n) is 2.50. The van der Waals surface area contributed by atoms with E-state index in [2.05, 4.69) is 5.10 Å². The Labute approximate surface area is 143 Å². The Morgan fingerprint density at radius 1 is 1.28 bits per heavy atom. The van der Waals surface area contributed by atoms with Crippen LogP contribution in [0.25, 0.3) is 16.6 Å². The average Bonchev–Trinajstić information content (AvgIpc) is 2.97. The van der Waals surface area contributed by atoms with Crippen molar-refractivity contribution in [1.82, 2.24) is 9.61 Å². The minimum Gasteiger partial charge on any atom is -0.493 e. The molecule has 0 spiro atoms. The molecule has 0 saturated heterocycles. The number of nitrogens with two attached hydrogens (primary N) is 1. The molecule has 0 aliphatic rings. The third-order valence-electron chi connectivity index (χ3n) is 3.64. The average molecular weight is 361 g/mol. The number of carboxylic acid groups (broad SMARTS) is 1. The highest BCUT2D eigenvalue weighted by molar-refractivity contribution is 7.89. The lowest BCUT2D eigenvalue weighted by Gasteiger charge is -2.11. The summed E-state index contributed by atoms with van der Waals surface area (Å²) in [5, 5.41) is 18.6. The van der Waals surface area contributed by atoms with E-state index in [1.54, 1.807) is 6.92 Å². The lowest BCUT2D eigenvalue weighted by Crippen LogP contribution is -2.12. The van der Waals surface area contributed by atoms with Gasteiger partial charge in [-0.1, -0.05) is 0 Å². The Morgan fingerprint density at radius 2 is 2.04 bits per heavy atom. The number of aromatic nitrogens is 2. The summed E-state index contributed by atoms with van der Waals surface area (Å²) in [5.41, 5.74) is 1.60. The summed E-state index contributed by atoms with van der Waals surface area (Å²) in [5.74, 6) is -0.622. The molecule has 0 bridgehead atoms. The van der Waals surface area contributed by atoms with Crippen LogP contribution in [-0.2, 0) is 10.0 Å². The number of carboxylic acids is 1. The topological polar surface area (TPSA) is 124 Å². The van der Waals surface area contributed by atoms with Crippen molar-refractivity contribution in [2.24, 2.45) is 5.14 Å². The summed E-state index contributed by atoms with van der Waals surface area (Å²) >= 11 is 0. The minimum atomic E-state index is -3.90. The first kappa shape index (κ1) is 16.9. The zero-order valence-corrected chi connectivity index (χ0v) is 14.0. The SMILES string of the molecule is CCOc1ccc(S(N)(=O)=O)cc1-c1cnn2ccc(C(=O)O)cc12. The summed E-state index contributed by atoms with van der Waals surface area (Å²) in [6, 6.07) is 7.16. The van der Waals surface area contributed by atoms with E-state index >= 15 is 0 Å². The van der Waals surface area contributed by atoms with Crippen molar-refractivity contribution in [3.8, 4) is 16.9 Å². The molecule has 0 aliphatic heterocycles. The smallest absolute Gasteiger partial charge is 0.335 e. The van der Waals surface area contributed by atoms with Crippen LogP contribution in [0.3, 0.4) is 0 Å². The van der Waals surface area contributed by atoms with Crippen LogP contribution in [-0.4, -0.2) is 35.7 Å². The monoisotopic (exact) mass is 361 g/mol. The van der Waals surface area contributed by atoms with Crippen LogP contribution in [0.15, 0.2) is 47.6 Å². The molecule has 2 heterocycles. The zero-order chi connectivity index (χ0) is 18.2. The van der Waals surface area contributed by atoms with E-state index in [4.69, 9.17) is 9.88 Å². The first-order chi connectivity index (χ1) is 11.8. The largest absolute Gasteiger partial charge is 0.493 e. The number of primary sulfonamides is 1. The van der Waals surface area contributed by atoms with Crippen LogP contribution < -0.4 is 9.88 Å². The van der Waals surface area contributed by atoms with E-state index in [-0.39, 0.29) is 10.5 Å². The van der Waals surface area contributed by atoms with E-state index in [0.29, 0.717) is 29.0 Å². The van der Waals surface area contributed by atoms with Crippen molar-refractivity contribution in [3.63, 3.8) is 0 Å². The molecule has 8 nitrogen and oxygen atoms in total. The van der Waals surface area contributed by atoms with Gasteiger partial charge in [-0.3, -0.25) is 0 Å². The maximum absolute atomic E-state index is 11.7. The molecule has 0 fully saturated rings. The molecule has 3 aromatic rings. The van der Waals surface area contributed by atoms with Crippen LogP contribution in [0.5, 0.6) is 5.75 Å². The van der Waals surface area contributed by atoms with Gasteiger partial charge in [0.2, 0.25) is 10.0 Å². The van der Waals surface area contributed by atoms with E-state index in [9.17, 15) is 18.3 Å². The van der Waals surface area contributed by atoms with E-state index < -0.39 is 16.0 Å². The van der Waals surface area contributed by atoms with Gasteiger partial charge in [-0.15, -0.1) is 0 Å². The predicted octanol–water partition coefficient (Wildman–Crippen LogP) is 1.75. The summed E-state index contributed by atoms with van der Waals surface area (Å²) in [6.45, 7) is 2.18. The number of hydrogen-bond donors (Lipinski definition) is 2. The summed E-state index contributed by atoms with van der Waals surface area (Å²) < 4.78 is 30.4. The number of fused-ring (bicyclic) bond motifs is 1. The number of aromatic carboxylic acids is 1. The molecule has 130 valence electrons. The number of benzene rings is 1. The number of ether oxygens (including phenoxy) is 1. The summed E-state index contributed by atoms with van der Waals surface area (Å²) in [6.07, 6.45) is 3.04. The molecule has 0 atom stereocenters. The molecule has 25 heavy (non-hydrogen) atoms. The summed E-state index contributed by atoms with van der Waals surface area (Å²) in [7, 11) is -3.90. The Morgan fingerprint density at radius 3 is 2.68 bits per heavy atom. The maximum atomic E-state index is 11.7. The molecular formula is C16H15N3O5S. The fourth-order valence-corrected chi connectivity index (χ4v) is 3.04. The molecule has 0 aliphatic carbocycles. The van der Waals surface area contributed by atoms with Crippen molar-refractivity contribution in [3.05, 3.63) is 48.3 Å². The lowest BCUT2D eigenvalue weighted by molar-refractivity contribution is 0.0697. The van der Waals surface area contributed by atoms with Crippen molar-refractivity contribution < 1.29 is 23.1 Å². The third kappa shape index (κ3) is 3.19. The highest BCUT2D eigenvalue weighted by atomic mass is 32.2. The van der Waals surface area contributed by atoms with Gasteiger partial charge in [0.15, 0.2) is 0 Å². The van der Waals surface area contributed by atoms with Crippen LogP contribution in [0.2, 0.25) is 0 Å². The van der Waals surface area contributed by atoms with Crippen LogP contribution in [0.4, 0.5) is 0 Å². The molecule has 0 amide bonds. The molecule has 1 aromatic carbocycles. The number of rotatable bonds is 5. The highest BCUT2D eigenvalue weighted by Gasteiger charge is 2.17. The second-order valence-electron chi connectivity index (χ2n) is 5.24. The van der Waals surface area contributed by atoms with Crippen molar-refractivity contribution >= 4 is 21.5 Å². The van der Waals surface area contributed by atoms with Gasteiger partial charge < -0.3 is 9.84 Å². The molecule has 3 rings (SSSR count). The Balaban J connectivity index is 2.28. The van der Waals surface area contributed by atoms with Crippen molar-refractivity contribution in [2.75, 3.05) is 6.61 Å². The van der Waals surface area contributed by atoms with Gasteiger partial charge in [0.25, 0.3) is 0 Å². The van der Waals surface area contributed by atoms with E-state index in [1.165, 1.54) is 47.2 Å². The van der Waals surface area contributed by atoms with Crippen molar-refractivity contribution in [1.29, 1.82) is 0 Å². The van der Waals surface area contributed by atoms with Gasteiger partial charge in [0, 0.05) is 17.3 Å². The number of carbonyl (C=O) groups is 1. The van der Waals surface area contributed by atoms with Gasteiger partial charge in [-0.05, 0) is 37.3 Å². The zero-order valence-electron chi connectivity index (χ0n) is 13.2. The Hall–Kier alpha value is -2.91. The number of pyridine rings is 1. The normalized spacial score (nSPS) is 11.6. The predicted molar refractivity (Wildman–Crippen MR) is 90.1 cm³/mol. The van der Waals surface area contributed by atoms with E-state index in [1.807, 2.05) is 0 Å². The van der Waals surface area contributed by atoms with Gasteiger partial charge in [-0.25, -0.2) is 22.9 Å². The molecule has 0 radical (unpaired) electrons. The van der Waals surface area contributed by atoms with E-state index in [0.717, 1.165) is 0 Å². The van der Waals surface area contributed by atoms with Gasteiger partial charge in [0.1, 0.15) is 5.75 Å². The maximum Gasteiger partial charge on any atom is 0.335 e. The number of nitrogens with zero attached hydrogens (tertiary/aromatic N) is 2. The third-order valence-corrected chi connectivity index (χ3v) is 4.55. The van der Waals surface area contributed by atoms with Crippen LogP contribution >= 0.6 is 0 Å². The minimum absolute atomic E-state index is 0.0697. The standard InChI is InChI=1S/C16H15N3O5S/c1-2-24-15-4-3-11(25(17,22)23)8-12(15)13-9-18-19-6-5-10(16(20)21)7-14(13)19/h3-9H,2H2,1H3,(H,20,21)(H2,17,22,23). The summed E-state index contributed by atoms with van der Waals surface area (Å²) in [4.78, 5) is 11.1. The lowest BCUT2D eigenvalue weighted by atomic mass is 10.1. The fraction of sp³-hybridized carbons (Fsp3) is 0.125. The molecular weight excluding hydrogens is 346 g/mol. The Bertz CT molecular complexity index is 1070. The van der Waals surface area contributed by atoms with Gasteiger partial charge >= 0.3 is 5.97 Å². The second-order valence-corrected chi connectivity index (χ2v) is 6.81. The highest BCUT2D eigenvalue weighted by Crippen LogP contribution is 2.35. The molecule has 0 saturated carbocycles. The van der Waals surface area contributed by atoms with Crippen molar-refractivity contribution in [2.45, 2.75) is 11.8 Å². The van der Waals surface area contributed by atoms with Crippen LogP contribution in [0.1, 0.15) is 17.3 Å².